The molecule has 3 aliphatic heterocycles. The van der Waals surface area contributed by atoms with Gasteiger partial charge in [0, 0.05) is 45.9 Å². The predicted molar refractivity (Wildman–Crippen MR) is 317 cm³/mol. The summed E-state index contributed by atoms with van der Waals surface area (Å²) < 4.78 is 62.3. The molecule has 5 heterocycles. The zero-order chi connectivity index (χ0) is 56.6. The Bertz CT molecular complexity index is 3900. The van der Waals surface area contributed by atoms with Crippen molar-refractivity contribution in [3.63, 3.8) is 0 Å². The number of benzene rings is 8. The van der Waals surface area contributed by atoms with Crippen molar-refractivity contribution in [1.29, 1.82) is 0 Å². The van der Waals surface area contributed by atoms with E-state index in [0.717, 1.165) is 38.9 Å². The number of hydrogen-bond donors (Lipinski definition) is 1. The van der Waals surface area contributed by atoms with Gasteiger partial charge in [-0.05, 0) is 57.6 Å². The van der Waals surface area contributed by atoms with Gasteiger partial charge in [-0.1, -0.05) is 182 Å². The molecule has 0 spiro atoms. The summed E-state index contributed by atoms with van der Waals surface area (Å²) in [5, 5.41) is 1.28. The van der Waals surface area contributed by atoms with Crippen molar-refractivity contribution in [3.8, 4) is 17.2 Å². The van der Waals surface area contributed by atoms with Crippen molar-refractivity contribution >= 4 is 44.8 Å². The topological polar surface area (TPSA) is 141 Å². The van der Waals surface area contributed by atoms with Crippen LogP contribution in [0.3, 0.4) is 0 Å². The standard InChI is InChI=1S/C70H61N3O11/c74-68-63(56-36-71-58-32-31-53(33-54(56)58)78-40-49-23-11-3-12-24-49)64(69(75)73(68)45-77-39-48-21-9-2-10-22-48)57-37-72(59-35-61-60(34-55(57)59)82-46-83-61)70-67(81-43-52-29-17-6-18-30-52)66(80-42-51-27-15-5-16-28-51)65(79-41-50-25-13-4-14-26-50)62(84-70)44-76-38-47-19-7-1-8-20-47/h1-37,62,65-67,70-71H,38-46H2. The quantitative estimate of drug-likeness (QED) is 0.0612. The fourth-order valence-corrected chi connectivity index (χ4v) is 11.2. The highest BCUT2D eigenvalue weighted by molar-refractivity contribution is 6.50. The number of imide groups is 1. The van der Waals surface area contributed by atoms with E-state index in [4.69, 9.17) is 42.6 Å². The molecule has 3 aliphatic rings. The first kappa shape index (κ1) is 54.1. The van der Waals surface area contributed by atoms with Crippen LogP contribution in [-0.2, 0) is 77.7 Å². The maximum absolute atomic E-state index is 15.7. The maximum atomic E-state index is 15.7. The van der Waals surface area contributed by atoms with Gasteiger partial charge in [0.15, 0.2) is 17.7 Å². The number of aromatic amines is 1. The molecule has 2 amide bonds. The molecular weight excluding hydrogens is 1060 g/mol. The van der Waals surface area contributed by atoms with Gasteiger partial charge in [0.1, 0.15) is 43.5 Å². The van der Waals surface area contributed by atoms with Crippen molar-refractivity contribution in [1.82, 2.24) is 14.5 Å². The molecule has 14 heteroatoms. The summed E-state index contributed by atoms with van der Waals surface area (Å²) in [5.74, 6) is 0.489. The van der Waals surface area contributed by atoms with Gasteiger partial charge >= 0.3 is 0 Å². The first-order valence-corrected chi connectivity index (χ1v) is 28.2. The first-order valence-electron chi connectivity index (χ1n) is 28.2. The summed E-state index contributed by atoms with van der Waals surface area (Å²) >= 11 is 0. The molecule has 14 nitrogen and oxygen atoms in total. The smallest absolute Gasteiger partial charge is 0.264 e. The van der Waals surface area contributed by atoms with E-state index in [0.29, 0.717) is 57.9 Å². The molecule has 1 saturated heterocycles. The van der Waals surface area contributed by atoms with Crippen LogP contribution >= 0.6 is 0 Å². The summed E-state index contributed by atoms with van der Waals surface area (Å²) in [6.07, 6.45) is -0.482. The Balaban J connectivity index is 0.965. The zero-order valence-electron chi connectivity index (χ0n) is 46.0. The molecule has 84 heavy (non-hydrogen) atoms. The van der Waals surface area contributed by atoms with Gasteiger partial charge in [0.25, 0.3) is 11.8 Å². The molecular formula is C70H61N3O11. The average Bonchev–Trinajstić information content (AvgIpc) is 2.82. The second-order valence-corrected chi connectivity index (χ2v) is 21.0. The number of ether oxygens (including phenoxy) is 9. The molecule has 5 unspecified atom stereocenters. The Morgan fingerprint density at radius 3 is 1.54 bits per heavy atom. The highest BCUT2D eigenvalue weighted by atomic mass is 16.7. The van der Waals surface area contributed by atoms with Gasteiger partial charge in [-0.2, -0.15) is 0 Å². The molecule has 2 aromatic heterocycles. The van der Waals surface area contributed by atoms with Crippen LogP contribution in [0.2, 0.25) is 0 Å². The van der Waals surface area contributed by atoms with Crippen LogP contribution in [0.25, 0.3) is 33.0 Å². The number of carbonyl (C=O) groups is 2. The Morgan fingerprint density at radius 2 is 0.964 bits per heavy atom. The lowest BCUT2D eigenvalue weighted by atomic mass is 9.95. The lowest BCUT2D eigenvalue weighted by Crippen LogP contribution is -2.59. The molecule has 0 saturated carbocycles. The average molecular weight is 1120 g/mol. The van der Waals surface area contributed by atoms with Crippen LogP contribution in [-0.4, -0.2) is 70.8 Å². The lowest BCUT2D eigenvalue weighted by molar-refractivity contribution is -0.289. The van der Waals surface area contributed by atoms with E-state index >= 15 is 9.59 Å². The van der Waals surface area contributed by atoms with Crippen LogP contribution in [0.4, 0.5) is 0 Å². The van der Waals surface area contributed by atoms with E-state index in [1.54, 1.807) is 6.20 Å². The Kier molecular flexibility index (Phi) is 16.2. The van der Waals surface area contributed by atoms with Gasteiger partial charge in [-0.3, -0.25) is 9.59 Å². The summed E-state index contributed by atoms with van der Waals surface area (Å²) in [5.41, 5.74) is 8.39. The number of H-pyrrole nitrogens is 1. The summed E-state index contributed by atoms with van der Waals surface area (Å²) in [6, 6.07) is 68.9. The third kappa shape index (κ3) is 11.8. The Morgan fingerprint density at radius 1 is 0.476 bits per heavy atom. The molecule has 10 aromatic rings. The van der Waals surface area contributed by atoms with Crippen LogP contribution in [0.15, 0.2) is 225 Å². The highest BCUT2D eigenvalue weighted by Gasteiger charge is 2.50. The number of rotatable bonds is 23. The van der Waals surface area contributed by atoms with E-state index < -0.39 is 42.5 Å². The molecule has 1 N–H and O–H groups in total. The van der Waals surface area contributed by atoms with Gasteiger partial charge < -0.3 is 52.2 Å². The van der Waals surface area contributed by atoms with Crippen molar-refractivity contribution in [2.24, 2.45) is 0 Å². The van der Waals surface area contributed by atoms with Crippen molar-refractivity contribution in [3.05, 3.63) is 269 Å². The molecule has 422 valence electrons. The lowest BCUT2D eigenvalue weighted by Gasteiger charge is -2.46. The van der Waals surface area contributed by atoms with Crippen LogP contribution < -0.4 is 14.2 Å². The zero-order valence-corrected chi connectivity index (χ0v) is 46.0. The molecule has 5 atom stereocenters. The fourth-order valence-electron chi connectivity index (χ4n) is 11.2. The SMILES string of the molecule is O=C1C(c2c[nH]c3ccc(OCc4ccccc4)cc23)=C(c2cn(C3OC(COCc4ccccc4)C(OCc4ccccc4)C(OCc4ccccc4)C3OCc3ccccc3)c3cc4c(cc23)OCO4)C(=O)N1COCc1ccccc1. The molecule has 0 radical (unpaired) electrons. The minimum Gasteiger partial charge on any atom is -0.489 e. The second kappa shape index (κ2) is 25.2. The molecule has 8 aromatic carbocycles. The number of carbonyl (C=O) groups excluding carboxylic acids is 2. The minimum absolute atomic E-state index is 0.0153. The van der Waals surface area contributed by atoms with Gasteiger partial charge in [-0.15, -0.1) is 0 Å². The molecule has 0 bridgehead atoms. The normalized spacial score (nSPS) is 18.6. The van der Waals surface area contributed by atoms with Crippen LogP contribution in [0, 0.1) is 0 Å². The molecule has 1 fully saturated rings. The first-order chi connectivity index (χ1) is 41.5. The maximum Gasteiger partial charge on any atom is 0.264 e. The largest absolute Gasteiger partial charge is 0.489 e. The summed E-state index contributed by atoms with van der Waals surface area (Å²) in [6.45, 7) is 1.26. The predicted octanol–water partition coefficient (Wildman–Crippen LogP) is 12.8. The summed E-state index contributed by atoms with van der Waals surface area (Å²) in [4.78, 5) is 35.7. The third-order valence-corrected chi connectivity index (χ3v) is 15.4. The van der Waals surface area contributed by atoms with Crippen molar-refractivity contribution in [2.45, 2.75) is 70.3 Å². The third-order valence-electron chi connectivity index (χ3n) is 15.4. The van der Waals surface area contributed by atoms with E-state index in [-0.39, 0.29) is 57.7 Å². The number of aromatic nitrogens is 2. The molecule has 13 rings (SSSR count). The monoisotopic (exact) mass is 1120 g/mol. The van der Waals surface area contributed by atoms with Crippen LogP contribution in [0.1, 0.15) is 50.7 Å². The van der Waals surface area contributed by atoms with Gasteiger partial charge in [-0.25, -0.2) is 4.90 Å². The fraction of sp³-hybridized carbons (Fsp3) is 0.200. The second-order valence-electron chi connectivity index (χ2n) is 21.0. The highest BCUT2D eigenvalue weighted by Crippen LogP contribution is 2.47. The summed E-state index contributed by atoms with van der Waals surface area (Å²) in [7, 11) is 0. The van der Waals surface area contributed by atoms with E-state index in [9.17, 15) is 0 Å². The van der Waals surface area contributed by atoms with Crippen molar-refractivity contribution in [2.75, 3.05) is 20.1 Å². The van der Waals surface area contributed by atoms with Gasteiger partial charge in [0.2, 0.25) is 6.79 Å². The number of fused-ring (bicyclic) bond motifs is 3. The van der Waals surface area contributed by atoms with E-state index in [1.807, 2.05) is 223 Å². The Hall–Kier alpha value is -9.12. The van der Waals surface area contributed by atoms with E-state index in [2.05, 4.69) is 4.98 Å². The number of nitrogens with zero attached hydrogens (tertiary/aromatic N) is 2. The van der Waals surface area contributed by atoms with Crippen molar-refractivity contribution < 1.29 is 52.2 Å². The minimum atomic E-state index is -0.980. The molecule has 0 aliphatic carbocycles. The Labute approximate surface area is 486 Å². The van der Waals surface area contributed by atoms with Gasteiger partial charge in [0.05, 0.1) is 56.3 Å². The van der Waals surface area contributed by atoms with E-state index in [1.165, 1.54) is 4.90 Å². The number of amides is 2. The van der Waals surface area contributed by atoms with Crippen LogP contribution in [0.5, 0.6) is 17.2 Å². The number of hydrogen-bond acceptors (Lipinski definition) is 11. The number of nitrogens with one attached hydrogen (secondary N) is 1.